The quantitative estimate of drug-likeness (QED) is 0.367. The summed E-state index contributed by atoms with van der Waals surface area (Å²) in [4.78, 5) is 30.6. The minimum Gasteiger partial charge on any atom is -0.508 e. The van der Waals surface area contributed by atoms with Crippen molar-refractivity contribution in [2.45, 2.75) is 51.3 Å². The Morgan fingerprint density at radius 1 is 1.10 bits per heavy atom. The molecule has 0 aliphatic carbocycles. The summed E-state index contributed by atoms with van der Waals surface area (Å²) < 4.78 is 21.9. The fraction of sp³-hybridized carbons (Fsp3) is 0.379. The first-order chi connectivity index (χ1) is 18.6. The molecule has 0 radical (unpaired) electrons. The maximum absolute atomic E-state index is 16.2. The number of nitrogens with one attached hydrogen (secondary N) is 1. The minimum atomic E-state index is -0.584. The average molecular weight is 531 g/mol. The van der Waals surface area contributed by atoms with Gasteiger partial charge in [-0.15, -0.1) is 0 Å². The van der Waals surface area contributed by atoms with Crippen LogP contribution in [0, 0.1) is 5.82 Å². The molecule has 2 aromatic heterocycles. The van der Waals surface area contributed by atoms with E-state index in [1.165, 1.54) is 6.07 Å². The molecule has 10 heteroatoms. The predicted molar refractivity (Wildman–Crippen MR) is 149 cm³/mol. The number of anilines is 2. The lowest BCUT2D eigenvalue weighted by atomic mass is 10.00. The van der Waals surface area contributed by atoms with Crippen LogP contribution in [0.4, 0.5) is 21.0 Å². The van der Waals surface area contributed by atoms with Crippen LogP contribution in [0.15, 0.2) is 42.6 Å². The van der Waals surface area contributed by atoms with Crippen LogP contribution in [0.25, 0.3) is 32.9 Å². The van der Waals surface area contributed by atoms with E-state index in [-0.39, 0.29) is 41.1 Å². The molecule has 202 valence electrons. The van der Waals surface area contributed by atoms with Gasteiger partial charge >= 0.3 is 6.09 Å². The lowest BCUT2D eigenvalue weighted by Gasteiger charge is -2.42. The van der Waals surface area contributed by atoms with Gasteiger partial charge < -0.3 is 20.1 Å². The molecule has 2 fully saturated rings. The Labute approximate surface area is 225 Å². The Balaban J connectivity index is 1.41. The van der Waals surface area contributed by atoms with Crippen LogP contribution in [-0.2, 0) is 4.74 Å². The van der Waals surface area contributed by atoms with Gasteiger partial charge in [-0.3, -0.25) is 9.88 Å². The largest absolute Gasteiger partial charge is 0.508 e. The molecule has 4 heterocycles. The van der Waals surface area contributed by atoms with E-state index in [1.54, 1.807) is 19.3 Å². The number of hydrogen-bond donors (Lipinski definition) is 2. The number of carbonyl (C=O) groups is 1. The molecule has 2 atom stereocenters. The first kappa shape index (κ1) is 25.1. The van der Waals surface area contributed by atoms with Gasteiger partial charge in [0.25, 0.3) is 0 Å². The molecule has 1 amide bonds. The van der Waals surface area contributed by atoms with E-state index >= 15 is 4.39 Å². The average Bonchev–Trinajstić information content (AvgIpc) is 3.16. The third kappa shape index (κ3) is 4.43. The molecule has 2 aliphatic heterocycles. The number of carbonyl (C=O) groups excluding carboxylic acids is 1. The van der Waals surface area contributed by atoms with Gasteiger partial charge in [0.05, 0.1) is 17.5 Å². The number of aromatic hydroxyl groups is 1. The maximum Gasteiger partial charge on any atom is 0.410 e. The van der Waals surface area contributed by atoms with Crippen molar-refractivity contribution in [2.75, 3.05) is 30.4 Å². The molecule has 2 aliphatic rings. The molecular weight excluding hydrogens is 499 g/mol. The predicted octanol–water partition coefficient (Wildman–Crippen LogP) is 5.32. The number of phenols is 1. The molecule has 2 N–H and O–H groups in total. The molecule has 2 bridgehead atoms. The molecule has 2 aromatic carbocycles. The first-order valence-corrected chi connectivity index (χ1v) is 13.2. The Bertz CT molecular complexity index is 1590. The fourth-order valence-corrected chi connectivity index (χ4v) is 5.76. The normalized spacial score (nSPS) is 19.1. The number of hydrogen-bond acceptors (Lipinski definition) is 8. The topological polar surface area (TPSA) is 104 Å². The number of piperazine rings is 1. The van der Waals surface area contributed by atoms with Gasteiger partial charge in [-0.1, -0.05) is 24.3 Å². The Kier molecular flexibility index (Phi) is 5.93. The van der Waals surface area contributed by atoms with Crippen molar-refractivity contribution in [1.29, 1.82) is 0 Å². The summed E-state index contributed by atoms with van der Waals surface area (Å²) >= 11 is 0. The van der Waals surface area contributed by atoms with E-state index in [9.17, 15) is 9.90 Å². The molecule has 6 rings (SSSR count). The summed E-state index contributed by atoms with van der Waals surface area (Å²) in [5, 5.41) is 15.3. The minimum absolute atomic E-state index is 0.0302. The molecule has 0 spiro atoms. The second-order valence-electron chi connectivity index (χ2n) is 11.2. The number of halogens is 1. The van der Waals surface area contributed by atoms with E-state index in [0.29, 0.717) is 29.9 Å². The number of aromatic nitrogens is 3. The van der Waals surface area contributed by atoms with Crippen molar-refractivity contribution in [1.82, 2.24) is 19.9 Å². The smallest absolute Gasteiger partial charge is 0.410 e. The third-order valence-corrected chi connectivity index (χ3v) is 7.38. The van der Waals surface area contributed by atoms with Gasteiger partial charge in [-0.05, 0) is 56.5 Å². The van der Waals surface area contributed by atoms with Crippen LogP contribution in [0.5, 0.6) is 5.75 Å². The van der Waals surface area contributed by atoms with E-state index in [4.69, 9.17) is 9.72 Å². The van der Waals surface area contributed by atoms with Crippen molar-refractivity contribution in [3.8, 4) is 17.0 Å². The highest BCUT2D eigenvalue weighted by Crippen LogP contribution is 2.39. The van der Waals surface area contributed by atoms with Crippen LogP contribution in [0.2, 0.25) is 0 Å². The molecule has 2 saturated heterocycles. The van der Waals surface area contributed by atoms with Gasteiger partial charge in [-0.25, -0.2) is 14.2 Å². The Morgan fingerprint density at radius 3 is 2.51 bits per heavy atom. The van der Waals surface area contributed by atoms with Crippen LogP contribution < -0.4 is 10.2 Å². The fourth-order valence-electron chi connectivity index (χ4n) is 5.76. The number of rotatable bonds is 3. The van der Waals surface area contributed by atoms with Crippen molar-refractivity contribution in [3.05, 3.63) is 48.4 Å². The van der Waals surface area contributed by atoms with Crippen LogP contribution >= 0.6 is 0 Å². The summed E-state index contributed by atoms with van der Waals surface area (Å²) in [6.07, 6.45) is 3.03. The summed E-state index contributed by atoms with van der Waals surface area (Å²) in [6.45, 7) is 6.69. The highest BCUT2D eigenvalue weighted by molar-refractivity contribution is 6.00. The number of ether oxygens (including phenoxy) is 1. The van der Waals surface area contributed by atoms with E-state index < -0.39 is 11.4 Å². The molecule has 2 unspecified atom stereocenters. The number of amides is 1. The highest BCUT2D eigenvalue weighted by atomic mass is 19.1. The monoisotopic (exact) mass is 530 g/mol. The number of fused-ring (bicyclic) bond motifs is 4. The second-order valence-corrected chi connectivity index (χ2v) is 11.2. The first-order valence-electron chi connectivity index (χ1n) is 13.2. The zero-order valence-corrected chi connectivity index (χ0v) is 22.4. The van der Waals surface area contributed by atoms with Crippen molar-refractivity contribution >= 4 is 39.5 Å². The van der Waals surface area contributed by atoms with Gasteiger partial charge in [0.2, 0.25) is 5.95 Å². The summed E-state index contributed by atoms with van der Waals surface area (Å²) in [7, 11) is 1.69. The van der Waals surface area contributed by atoms with E-state index in [0.717, 1.165) is 23.6 Å². The zero-order chi connectivity index (χ0) is 27.5. The van der Waals surface area contributed by atoms with Crippen LogP contribution in [0.1, 0.15) is 33.6 Å². The van der Waals surface area contributed by atoms with Gasteiger partial charge in [0.15, 0.2) is 5.82 Å². The molecule has 9 nitrogen and oxygen atoms in total. The van der Waals surface area contributed by atoms with Crippen molar-refractivity contribution in [3.63, 3.8) is 0 Å². The molecule has 39 heavy (non-hydrogen) atoms. The zero-order valence-electron chi connectivity index (χ0n) is 22.4. The molecule has 0 saturated carbocycles. The van der Waals surface area contributed by atoms with E-state index in [1.807, 2.05) is 49.9 Å². The van der Waals surface area contributed by atoms with Crippen LogP contribution in [-0.4, -0.2) is 68.9 Å². The summed E-state index contributed by atoms with van der Waals surface area (Å²) in [5.74, 6) is 0.307. The van der Waals surface area contributed by atoms with Crippen LogP contribution in [0.3, 0.4) is 0 Å². The van der Waals surface area contributed by atoms with E-state index in [2.05, 4.69) is 20.2 Å². The number of benzene rings is 2. The SMILES string of the molecule is CNc1nc(N2CC3CCC(C2)N3C(=O)OC(C)(C)C)c2cnc(-c3cc(O)cc4ccccc34)c(F)c2n1. The number of pyridine rings is 1. The maximum atomic E-state index is 16.2. The summed E-state index contributed by atoms with van der Waals surface area (Å²) in [6, 6.07) is 10.6. The lowest BCUT2D eigenvalue weighted by molar-refractivity contribution is 0.0123. The second kappa shape index (κ2) is 9.21. The Hall–Kier alpha value is -4.21. The van der Waals surface area contributed by atoms with Gasteiger partial charge in [-0.2, -0.15) is 4.98 Å². The van der Waals surface area contributed by atoms with Crippen molar-refractivity contribution < 1.29 is 19.0 Å². The van der Waals surface area contributed by atoms with Crippen molar-refractivity contribution in [2.24, 2.45) is 0 Å². The third-order valence-electron chi connectivity index (χ3n) is 7.38. The standard InChI is InChI=1S/C29H31FN6O3/c1-29(2,3)39-28(38)36-17-9-10-18(36)15-35(14-17)26-22-13-32-24(23(30)25(22)33-27(31-4)34-26)21-12-19(37)11-16-7-5-6-8-20(16)21/h5-8,11-13,17-18,37H,9-10,14-15H2,1-4H3,(H,31,33,34). The molecular formula is C29H31FN6O3. The van der Waals surface area contributed by atoms with Gasteiger partial charge in [0, 0.05) is 31.9 Å². The number of nitrogens with zero attached hydrogens (tertiary/aromatic N) is 5. The van der Waals surface area contributed by atoms with Gasteiger partial charge in [0.1, 0.15) is 28.4 Å². The summed E-state index contributed by atoms with van der Waals surface area (Å²) in [5.41, 5.74) is 0.167. The molecule has 4 aromatic rings. The Morgan fingerprint density at radius 2 is 1.82 bits per heavy atom. The lowest BCUT2D eigenvalue weighted by Crippen LogP contribution is -2.57. The highest BCUT2D eigenvalue weighted by Gasteiger charge is 2.45. The number of phenolic OH excluding ortho intramolecular Hbond substituents is 1.